The number of nitrogens with zero attached hydrogens (tertiary/aromatic N) is 1. The van der Waals surface area contributed by atoms with Crippen LogP contribution >= 0.6 is 11.8 Å². The van der Waals surface area contributed by atoms with E-state index in [1.165, 1.54) is 5.56 Å². The number of hydrogen-bond donors (Lipinski definition) is 1. The topological polar surface area (TPSA) is 50.8 Å². The Labute approximate surface area is 147 Å². The van der Waals surface area contributed by atoms with Crippen LogP contribution in [-0.4, -0.2) is 47.9 Å². The SMILES string of the molecule is CCOCCN1C(=O)NC2c3cc(C)ccc3OC13CCSCC23. The van der Waals surface area contributed by atoms with E-state index in [1.54, 1.807) is 0 Å². The fourth-order valence-electron chi connectivity index (χ4n) is 4.18. The van der Waals surface area contributed by atoms with Gasteiger partial charge in [-0.05, 0) is 25.7 Å². The number of nitrogens with one attached hydrogen (secondary N) is 1. The molecule has 24 heavy (non-hydrogen) atoms. The van der Waals surface area contributed by atoms with Gasteiger partial charge >= 0.3 is 6.03 Å². The lowest BCUT2D eigenvalue weighted by atomic mass is 9.78. The first-order valence-electron chi connectivity index (χ1n) is 8.69. The van der Waals surface area contributed by atoms with Crippen LogP contribution in [0.15, 0.2) is 18.2 Å². The fraction of sp³-hybridized carbons (Fsp3) is 0.611. The maximum atomic E-state index is 12.8. The summed E-state index contributed by atoms with van der Waals surface area (Å²) in [5.41, 5.74) is 1.79. The van der Waals surface area contributed by atoms with Crippen LogP contribution in [0.2, 0.25) is 0 Å². The molecule has 1 aromatic carbocycles. The summed E-state index contributed by atoms with van der Waals surface area (Å²) in [4.78, 5) is 14.7. The van der Waals surface area contributed by atoms with Crippen molar-refractivity contribution in [3.8, 4) is 5.75 Å². The van der Waals surface area contributed by atoms with Gasteiger partial charge in [0, 0.05) is 30.9 Å². The zero-order valence-corrected chi connectivity index (χ0v) is 15.0. The standard InChI is InChI=1S/C18H24N2O3S/c1-3-22-8-7-20-17(21)19-16-13-10-12(2)4-5-15(13)23-18(20)6-9-24-11-14(16)18/h4-5,10,14,16H,3,6-9,11H2,1-2H3,(H,19,21). The van der Waals surface area contributed by atoms with Crippen molar-refractivity contribution in [2.45, 2.75) is 32.0 Å². The number of hydrogen-bond acceptors (Lipinski definition) is 4. The number of benzene rings is 1. The number of amides is 2. The minimum atomic E-state index is -0.530. The molecule has 4 rings (SSSR count). The number of rotatable bonds is 4. The second-order valence-corrected chi connectivity index (χ2v) is 7.85. The lowest BCUT2D eigenvalue weighted by Crippen LogP contribution is -2.73. The third-order valence-corrected chi connectivity index (χ3v) is 6.40. The molecule has 3 heterocycles. The average molecular weight is 348 g/mol. The van der Waals surface area contributed by atoms with Gasteiger partial charge in [0.1, 0.15) is 5.75 Å². The number of aryl methyl sites for hydroxylation is 1. The molecule has 3 aliphatic rings. The molecule has 2 amide bonds. The Hall–Kier alpha value is -1.40. The summed E-state index contributed by atoms with van der Waals surface area (Å²) in [6.45, 7) is 5.82. The van der Waals surface area contributed by atoms with Crippen molar-refractivity contribution in [1.29, 1.82) is 0 Å². The van der Waals surface area contributed by atoms with E-state index in [0.29, 0.717) is 19.8 Å². The summed E-state index contributed by atoms with van der Waals surface area (Å²) in [5, 5.41) is 3.24. The van der Waals surface area contributed by atoms with Crippen LogP contribution in [0.1, 0.15) is 30.5 Å². The molecular weight excluding hydrogens is 324 g/mol. The van der Waals surface area contributed by atoms with Crippen molar-refractivity contribution in [2.24, 2.45) is 5.92 Å². The quantitative estimate of drug-likeness (QED) is 0.850. The van der Waals surface area contributed by atoms with E-state index in [1.807, 2.05) is 23.6 Å². The lowest BCUT2D eigenvalue weighted by molar-refractivity contribution is -0.143. The maximum Gasteiger partial charge on any atom is 0.321 e. The Morgan fingerprint density at radius 3 is 3.21 bits per heavy atom. The number of thioether (sulfide) groups is 1. The summed E-state index contributed by atoms with van der Waals surface area (Å²) < 4.78 is 12.1. The lowest BCUT2D eigenvalue weighted by Gasteiger charge is -2.58. The average Bonchev–Trinajstić information content (AvgIpc) is 2.58. The minimum Gasteiger partial charge on any atom is -0.467 e. The van der Waals surface area contributed by atoms with E-state index >= 15 is 0 Å². The largest absolute Gasteiger partial charge is 0.467 e. The van der Waals surface area contributed by atoms with Gasteiger partial charge in [-0.2, -0.15) is 11.8 Å². The van der Waals surface area contributed by atoms with Crippen LogP contribution in [0, 0.1) is 12.8 Å². The Kier molecular flexibility index (Phi) is 4.12. The Bertz CT molecular complexity index is 653. The monoisotopic (exact) mass is 348 g/mol. The second-order valence-electron chi connectivity index (χ2n) is 6.70. The molecule has 2 saturated heterocycles. The number of carbonyl (C=O) groups is 1. The van der Waals surface area contributed by atoms with Gasteiger partial charge in [0.15, 0.2) is 5.72 Å². The molecule has 3 atom stereocenters. The van der Waals surface area contributed by atoms with E-state index in [-0.39, 0.29) is 18.0 Å². The highest BCUT2D eigenvalue weighted by molar-refractivity contribution is 7.99. The molecule has 0 saturated carbocycles. The van der Waals surface area contributed by atoms with Gasteiger partial charge in [-0.15, -0.1) is 0 Å². The van der Waals surface area contributed by atoms with Gasteiger partial charge in [-0.3, -0.25) is 4.90 Å². The van der Waals surface area contributed by atoms with Gasteiger partial charge < -0.3 is 14.8 Å². The molecule has 1 N–H and O–H groups in total. The molecule has 2 fully saturated rings. The molecule has 2 bridgehead atoms. The normalized spacial score (nSPS) is 30.9. The Balaban J connectivity index is 1.75. The van der Waals surface area contributed by atoms with Crippen molar-refractivity contribution in [3.05, 3.63) is 29.3 Å². The predicted octanol–water partition coefficient (Wildman–Crippen LogP) is 2.94. The van der Waals surface area contributed by atoms with Crippen LogP contribution in [-0.2, 0) is 4.74 Å². The summed E-state index contributed by atoms with van der Waals surface area (Å²) in [6.07, 6.45) is 0.867. The number of fused-ring (bicyclic) bond motifs is 2. The smallest absolute Gasteiger partial charge is 0.321 e. The number of ether oxygens (including phenoxy) is 2. The minimum absolute atomic E-state index is 0.0324. The van der Waals surface area contributed by atoms with Crippen LogP contribution in [0.4, 0.5) is 4.79 Å². The molecular formula is C18H24N2O3S. The van der Waals surface area contributed by atoms with E-state index in [4.69, 9.17) is 9.47 Å². The van der Waals surface area contributed by atoms with Crippen LogP contribution in [0.3, 0.4) is 0 Å². The summed E-state index contributed by atoms with van der Waals surface area (Å²) in [5.74, 6) is 3.20. The third kappa shape index (κ3) is 2.39. The molecule has 5 nitrogen and oxygen atoms in total. The molecule has 6 heteroatoms. The molecule has 0 spiro atoms. The molecule has 1 aromatic rings. The van der Waals surface area contributed by atoms with Crippen molar-refractivity contribution in [2.75, 3.05) is 31.3 Å². The number of carbonyl (C=O) groups excluding carboxylic acids is 1. The highest BCUT2D eigenvalue weighted by atomic mass is 32.2. The van der Waals surface area contributed by atoms with Crippen LogP contribution in [0.25, 0.3) is 0 Å². The maximum absolute atomic E-state index is 12.8. The molecule has 130 valence electrons. The Morgan fingerprint density at radius 2 is 2.38 bits per heavy atom. The molecule has 0 aromatic heterocycles. The van der Waals surface area contributed by atoms with Gasteiger partial charge in [0.25, 0.3) is 0 Å². The van der Waals surface area contributed by atoms with Crippen molar-refractivity contribution in [3.63, 3.8) is 0 Å². The number of urea groups is 1. The van der Waals surface area contributed by atoms with Gasteiger partial charge in [0.2, 0.25) is 0 Å². The van der Waals surface area contributed by atoms with Crippen LogP contribution in [0.5, 0.6) is 5.75 Å². The van der Waals surface area contributed by atoms with Crippen molar-refractivity contribution < 1.29 is 14.3 Å². The van der Waals surface area contributed by atoms with Gasteiger partial charge in [0.05, 0.1) is 18.6 Å². The van der Waals surface area contributed by atoms with Crippen LogP contribution < -0.4 is 10.1 Å². The summed E-state index contributed by atoms with van der Waals surface area (Å²) in [6, 6.07) is 6.29. The van der Waals surface area contributed by atoms with E-state index in [0.717, 1.165) is 29.2 Å². The van der Waals surface area contributed by atoms with Crippen molar-refractivity contribution >= 4 is 17.8 Å². The van der Waals surface area contributed by atoms with E-state index in [9.17, 15) is 4.79 Å². The first-order valence-corrected chi connectivity index (χ1v) is 9.84. The zero-order chi connectivity index (χ0) is 16.7. The van der Waals surface area contributed by atoms with Gasteiger partial charge in [-0.25, -0.2) is 4.79 Å². The third-order valence-electron chi connectivity index (χ3n) is 5.32. The molecule has 0 aliphatic carbocycles. The molecule has 0 radical (unpaired) electrons. The second kappa shape index (κ2) is 6.15. The zero-order valence-electron chi connectivity index (χ0n) is 14.2. The highest BCUT2D eigenvalue weighted by Crippen LogP contribution is 2.53. The summed E-state index contributed by atoms with van der Waals surface area (Å²) >= 11 is 1.95. The van der Waals surface area contributed by atoms with Gasteiger partial charge in [-0.1, -0.05) is 17.7 Å². The van der Waals surface area contributed by atoms with Crippen molar-refractivity contribution in [1.82, 2.24) is 10.2 Å². The van der Waals surface area contributed by atoms with E-state index < -0.39 is 5.72 Å². The molecule has 3 aliphatic heterocycles. The highest BCUT2D eigenvalue weighted by Gasteiger charge is 2.59. The molecule has 3 unspecified atom stereocenters. The Morgan fingerprint density at radius 1 is 1.50 bits per heavy atom. The van der Waals surface area contributed by atoms with E-state index in [2.05, 4.69) is 30.4 Å². The fourth-order valence-corrected chi connectivity index (χ4v) is 5.49. The first kappa shape index (κ1) is 16.1. The summed E-state index contributed by atoms with van der Waals surface area (Å²) in [7, 11) is 0. The first-order chi connectivity index (χ1) is 11.7. The predicted molar refractivity (Wildman–Crippen MR) is 94.4 cm³/mol.